The monoisotopic (exact) mass is 947 g/mol. The van der Waals surface area contributed by atoms with Crippen LogP contribution in [0, 0.1) is 0 Å². The Morgan fingerprint density at radius 3 is 1.38 bits per heavy atom. The Hall–Kier alpha value is -3.43. The summed E-state index contributed by atoms with van der Waals surface area (Å²) >= 11 is 0. The maximum atomic E-state index is 12.9. The molecule has 13 heteroatoms. The molecule has 66 heavy (non-hydrogen) atoms. The predicted octanol–water partition coefficient (Wildman–Crippen LogP) is 11.0. The van der Waals surface area contributed by atoms with Gasteiger partial charge in [0.25, 0.3) is 10.1 Å². The maximum Gasteiger partial charge on any atom is 0.306 e. The molecule has 6 atom stereocenters. The van der Waals surface area contributed by atoms with Gasteiger partial charge in [-0.05, 0) is 89.9 Å². The van der Waals surface area contributed by atoms with Gasteiger partial charge >= 0.3 is 11.9 Å². The molecule has 0 aromatic carbocycles. The summed E-state index contributed by atoms with van der Waals surface area (Å²) in [5.41, 5.74) is 0. The number of rotatable bonds is 40. The van der Waals surface area contributed by atoms with Gasteiger partial charge < -0.3 is 34.3 Å². The summed E-state index contributed by atoms with van der Waals surface area (Å²) in [5.74, 6) is -2.06. The second kappa shape index (κ2) is 41.7. The molecule has 0 aromatic rings. The minimum atomic E-state index is -4.62. The third-order valence-corrected chi connectivity index (χ3v) is 11.4. The van der Waals surface area contributed by atoms with E-state index >= 15 is 0 Å². The van der Waals surface area contributed by atoms with Gasteiger partial charge in [0.05, 0.1) is 6.61 Å². The molecule has 0 amide bonds. The van der Waals surface area contributed by atoms with E-state index in [4.69, 9.17) is 18.9 Å². The minimum absolute atomic E-state index is 0.144. The van der Waals surface area contributed by atoms with Gasteiger partial charge in [0.2, 0.25) is 0 Å². The zero-order valence-electron chi connectivity index (χ0n) is 40.3. The molecule has 376 valence electrons. The Balaban J connectivity index is 2.40. The molecule has 1 aliphatic heterocycles. The molecule has 0 aliphatic carbocycles. The van der Waals surface area contributed by atoms with Crippen molar-refractivity contribution in [3.63, 3.8) is 0 Å². The minimum Gasteiger partial charge on any atom is -0.462 e. The topological polar surface area (TPSA) is 186 Å². The van der Waals surface area contributed by atoms with Crippen LogP contribution in [0.15, 0.2) is 97.2 Å². The first-order valence-corrected chi connectivity index (χ1v) is 26.4. The summed E-state index contributed by atoms with van der Waals surface area (Å²) < 4.78 is 54.1. The highest BCUT2D eigenvalue weighted by Gasteiger charge is 2.46. The van der Waals surface area contributed by atoms with Gasteiger partial charge in [-0.1, -0.05) is 162 Å². The highest BCUT2D eigenvalue weighted by Crippen LogP contribution is 2.24. The number of aliphatic hydroxyl groups is 3. The van der Waals surface area contributed by atoms with Crippen molar-refractivity contribution in [2.24, 2.45) is 0 Å². The zero-order chi connectivity index (χ0) is 48.4. The van der Waals surface area contributed by atoms with Crippen molar-refractivity contribution < 1.29 is 56.8 Å². The lowest BCUT2D eigenvalue weighted by Crippen LogP contribution is -2.60. The molecule has 0 spiro atoms. The molecule has 1 rings (SSSR count). The van der Waals surface area contributed by atoms with E-state index in [1.54, 1.807) is 0 Å². The largest absolute Gasteiger partial charge is 0.462 e. The summed E-state index contributed by atoms with van der Waals surface area (Å²) in [7, 11) is -4.62. The fourth-order valence-electron chi connectivity index (χ4n) is 6.89. The van der Waals surface area contributed by atoms with Gasteiger partial charge in [0.1, 0.15) is 36.8 Å². The Morgan fingerprint density at radius 2 is 0.909 bits per heavy atom. The fraction of sp³-hybridized carbons (Fsp3) is 0.660. The van der Waals surface area contributed by atoms with Gasteiger partial charge in [-0.15, -0.1) is 0 Å². The number of hydrogen-bond acceptors (Lipinski definition) is 11. The molecular weight excluding hydrogens is 861 g/mol. The smallest absolute Gasteiger partial charge is 0.306 e. The van der Waals surface area contributed by atoms with E-state index in [0.29, 0.717) is 12.8 Å². The molecule has 0 bridgehead atoms. The third kappa shape index (κ3) is 35.7. The summed E-state index contributed by atoms with van der Waals surface area (Å²) in [6.07, 6.45) is 47.3. The number of aliphatic hydroxyl groups excluding tert-OH is 3. The highest BCUT2D eigenvalue weighted by molar-refractivity contribution is 7.85. The van der Waals surface area contributed by atoms with E-state index < -0.39 is 71.2 Å². The number of ether oxygens (including phenoxy) is 4. The van der Waals surface area contributed by atoms with E-state index in [-0.39, 0.29) is 19.4 Å². The lowest BCUT2D eigenvalue weighted by molar-refractivity contribution is -0.297. The van der Waals surface area contributed by atoms with Crippen molar-refractivity contribution in [2.45, 2.75) is 205 Å². The van der Waals surface area contributed by atoms with E-state index in [1.165, 1.54) is 32.1 Å². The van der Waals surface area contributed by atoms with Crippen LogP contribution in [-0.2, 0) is 38.7 Å². The quantitative estimate of drug-likeness (QED) is 0.0197. The van der Waals surface area contributed by atoms with Crippen molar-refractivity contribution >= 4 is 22.1 Å². The van der Waals surface area contributed by atoms with Crippen LogP contribution in [0.3, 0.4) is 0 Å². The predicted molar refractivity (Wildman–Crippen MR) is 265 cm³/mol. The van der Waals surface area contributed by atoms with Crippen LogP contribution >= 0.6 is 0 Å². The molecule has 1 heterocycles. The Bertz CT molecular complexity index is 1580. The van der Waals surface area contributed by atoms with Crippen molar-refractivity contribution in [1.29, 1.82) is 0 Å². The Kier molecular flexibility index (Phi) is 38.3. The molecule has 0 radical (unpaired) electrons. The second-order valence-electron chi connectivity index (χ2n) is 16.7. The van der Waals surface area contributed by atoms with Crippen LogP contribution in [0.25, 0.3) is 0 Å². The standard InChI is InChI=1S/C53H86O12S/c1-3-5-7-9-11-13-15-17-19-20-21-22-23-24-25-26-28-30-32-34-36-38-40-42-49(55)64-46(44-63-53-52(58)51(57)50(56)47(65-53)45-66(59,60)61)43-62-48(54)41-39-37-35-33-31-29-27-18-16-14-12-10-8-6-4-2/h5-8,11-14,17-19,21-22,27,31,33,46-47,50-53,56-58H,3-4,9-10,15-16,20,23-26,28-30,32,34-45H2,1-2H3,(H,59,60,61)/b7-5-,8-6-,13-11-,14-12-,19-17-,22-21-,27-18-,33-31-. The number of allylic oxidation sites excluding steroid dienone is 16. The molecule has 0 aromatic heterocycles. The maximum absolute atomic E-state index is 12.9. The molecule has 4 N–H and O–H groups in total. The van der Waals surface area contributed by atoms with E-state index in [9.17, 15) is 37.9 Å². The average molecular weight is 947 g/mol. The number of carbonyl (C=O) groups excluding carboxylic acids is 2. The first-order chi connectivity index (χ1) is 32.0. The molecule has 1 aliphatic rings. The first-order valence-electron chi connectivity index (χ1n) is 24.8. The van der Waals surface area contributed by atoms with Crippen LogP contribution in [-0.4, -0.2) is 96.0 Å². The van der Waals surface area contributed by atoms with Crippen molar-refractivity contribution in [3.05, 3.63) is 97.2 Å². The van der Waals surface area contributed by atoms with Crippen LogP contribution < -0.4 is 0 Å². The Labute approximate surface area is 398 Å². The zero-order valence-corrected chi connectivity index (χ0v) is 41.1. The van der Waals surface area contributed by atoms with Gasteiger partial charge in [0.15, 0.2) is 12.4 Å². The lowest BCUT2D eigenvalue weighted by atomic mass is 10.00. The lowest BCUT2D eigenvalue weighted by Gasteiger charge is -2.40. The fourth-order valence-corrected chi connectivity index (χ4v) is 7.58. The molecule has 12 nitrogen and oxygen atoms in total. The van der Waals surface area contributed by atoms with E-state index in [1.807, 2.05) is 0 Å². The molecular formula is C53H86O12S. The molecule has 1 fully saturated rings. The van der Waals surface area contributed by atoms with Crippen LogP contribution in [0.4, 0.5) is 0 Å². The highest BCUT2D eigenvalue weighted by atomic mass is 32.2. The van der Waals surface area contributed by atoms with Gasteiger partial charge in [0, 0.05) is 12.8 Å². The summed E-state index contributed by atoms with van der Waals surface area (Å²) in [4.78, 5) is 25.5. The number of hydrogen-bond donors (Lipinski definition) is 4. The molecule has 0 saturated carbocycles. The number of esters is 2. The molecule has 6 unspecified atom stereocenters. The van der Waals surface area contributed by atoms with E-state index in [0.717, 1.165) is 96.3 Å². The van der Waals surface area contributed by atoms with E-state index in [2.05, 4.69) is 111 Å². The number of carbonyl (C=O) groups is 2. The van der Waals surface area contributed by atoms with Crippen LogP contribution in [0.1, 0.15) is 168 Å². The second-order valence-corrected chi connectivity index (χ2v) is 18.2. The van der Waals surface area contributed by atoms with Crippen LogP contribution in [0.2, 0.25) is 0 Å². The van der Waals surface area contributed by atoms with Crippen LogP contribution in [0.5, 0.6) is 0 Å². The summed E-state index contributed by atoms with van der Waals surface area (Å²) in [5, 5.41) is 31.0. The third-order valence-electron chi connectivity index (χ3n) is 10.7. The summed E-state index contributed by atoms with van der Waals surface area (Å²) in [6, 6.07) is 0. The van der Waals surface area contributed by atoms with Gasteiger partial charge in [-0.25, -0.2) is 0 Å². The molecule has 1 saturated heterocycles. The average Bonchev–Trinajstić information content (AvgIpc) is 3.28. The van der Waals surface area contributed by atoms with Crippen molar-refractivity contribution in [3.8, 4) is 0 Å². The number of unbranched alkanes of at least 4 members (excludes halogenated alkanes) is 12. The normalized spacial score (nSPS) is 20.2. The summed E-state index contributed by atoms with van der Waals surface area (Å²) in [6.45, 7) is 3.49. The Morgan fingerprint density at radius 1 is 0.515 bits per heavy atom. The van der Waals surface area contributed by atoms with Crippen molar-refractivity contribution in [1.82, 2.24) is 0 Å². The first kappa shape index (κ1) is 60.6. The van der Waals surface area contributed by atoms with Gasteiger partial charge in [-0.2, -0.15) is 8.42 Å². The SMILES string of the molecule is CC/C=C\C/C=C\C/C=C\C/C=C\CCCCCCCCCCCCC(=O)OC(COC(=O)CCCC/C=C\C/C=C\C/C=C\C/C=C\CC)COC1OC(CS(=O)(=O)O)C(O)C(O)C1O. The van der Waals surface area contributed by atoms with Gasteiger partial charge in [-0.3, -0.25) is 14.1 Å². The van der Waals surface area contributed by atoms with Crippen molar-refractivity contribution in [2.75, 3.05) is 19.0 Å².